The van der Waals surface area contributed by atoms with Gasteiger partial charge in [-0.25, -0.2) is 0 Å². The van der Waals surface area contributed by atoms with Crippen LogP contribution in [0.5, 0.6) is 0 Å². The minimum Gasteiger partial charge on any atom is -0.305 e. The van der Waals surface area contributed by atoms with E-state index in [1.54, 1.807) is 0 Å². The molecule has 3 heteroatoms. The predicted octanol–water partition coefficient (Wildman–Crippen LogP) is 3.96. The van der Waals surface area contributed by atoms with E-state index < -0.39 is 0 Å². The van der Waals surface area contributed by atoms with Crippen molar-refractivity contribution >= 4 is 11.8 Å². The van der Waals surface area contributed by atoms with E-state index in [0.717, 1.165) is 13.1 Å². The highest BCUT2D eigenvalue weighted by atomic mass is 32.2. The van der Waals surface area contributed by atoms with E-state index in [2.05, 4.69) is 86.5 Å². The van der Waals surface area contributed by atoms with E-state index in [1.807, 2.05) is 11.8 Å². The molecule has 0 aromatic heterocycles. The van der Waals surface area contributed by atoms with E-state index in [1.165, 1.54) is 20.9 Å². The molecule has 0 spiro atoms. The van der Waals surface area contributed by atoms with Gasteiger partial charge in [0.05, 0.1) is 0 Å². The first-order valence-electron chi connectivity index (χ1n) is 7.18. The molecule has 2 aromatic carbocycles. The van der Waals surface area contributed by atoms with Crippen molar-refractivity contribution in [3.63, 3.8) is 0 Å². The second-order valence-corrected chi connectivity index (χ2v) is 7.01. The molecule has 0 radical (unpaired) electrons. The predicted molar refractivity (Wildman–Crippen MR) is 91.8 cm³/mol. The molecular formula is C18H24N2S. The Kier molecular flexibility index (Phi) is 5.85. The van der Waals surface area contributed by atoms with Gasteiger partial charge in [-0.2, -0.15) is 0 Å². The lowest BCUT2D eigenvalue weighted by molar-refractivity contribution is 0.402. The second-order valence-electron chi connectivity index (χ2n) is 5.87. The molecule has 2 nitrogen and oxygen atoms in total. The van der Waals surface area contributed by atoms with Gasteiger partial charge in [0.2, 0.25) is 0 Å². The van der Waals surface area contributed by atoms with Gasteiger partial charge in [-0.1, -0.05) is 36.0 Å². The molecule has 0 N–H and O–H groups in total. The number of nitrogens with zero attached hydrogens (tertiary/aromatic N) is 2. The van der Waals surface area contributed by atoms with Crippen LogP contribution < -0.4 is 0 Å². The summed E-state index contributed by atoms with van der Waals surface area (Å²) in [5.74, 6) is 0. The molecule has 0 unspecified atom stereocenters. The molecule has 0 atom stereocenters. The summed E-state index contributed by atoms with van der Waals surface area (Å²) < 4.78 is 0. The van der Waals surface area contributed by atoms with Crippen LogP contribution in [0.2, 0.25) is 0 Å². The van der Waals surface area contributed by atoms with Gasteiger partial charge in [-0.05, 0) is 63.6 Å². The topological polar surface area (TPSA) is 6.48 Å². The Balaban J connectivity index is 1.97. The molecule has 21 heavy (non-hydrogen) atoms. The maximum absolute atomic E-state index is 2.21. The zero-order chi connectivity index (χ0) is 15.2. The first-order chi connectivity index (χ1) is 10.0. The Morgan fingerprint density at radius 1 is 0.619 bits per heavy atom. The minimum atomic E-state index is 0.990. The quantitative estimate of drug-likeness (QED) is 0.797. The van der Waals surface area contributed by atoms with Crippen LogP contribution in [0, 0.1) is 0 Å². The standard InChI is InChI=1S/C18H24N2S/c1-19(2)13-15-5-9-17(10-6-15)21-18-11-7-16(8-12-18)14-20(3)4/h5-12H,13-14H2,1-4H3. The molecular weight excluding hydrogens is 276 g/mol. The van der Waals surface area contributed by atoms with Crippen LogP contribution in [-0.2, 0) is 13.1 Å². The smallest absolute Gasteiger partial charge is 0.0227 e. The molecule has 0 fully saturated rings. The van der Waals surface area contributed by atoms with Crippen molar-refractivity contribution in [3.8, 4) is 0 Å². The van der Waals surface area contributed by atoms with Crippen LogP contribution in [0.1, 0.15) is 11.1 Å². The van der Waals surface area contributed by atoms with Gasteiger partial charge in [0.25, 0.3) is 0 Å². The normalized spacial score (nSPS) is 11.3. The largest absolute Gasteiger partial charge is 0.305 e. The second kappa shape index (κ2) is 7.64. The maximum atomic E-state index is 2.21. The molecule has 0 aliphatic carbocycles. The van der Waals surface area contributed by atoms with E-state index in [9.17, 15) is 0 Å². The van der Waals surface area contributed by atoms with Crippen molar-refractivity contribution in [1.82, 2.24) is 9.80 Å². The Hall–Kier alpha value is -1.29. The third-order valence-corrected chi connectivity index (χ3v) is 4.10. The number of hydrogen-bond acceptors (Lipinski definition) is 3. The van der Waals surface area contributed by atoms with E-state index in [-0.39, 0.29) is 0 Å². The Labute approximate surface area is 132 Å². The molecule has 0 heterocycles. The molecule has 0 aliphatic heterocycles. The van der Waals surface area contributed by atoms with Crippen LogP contribution in [0.15, 0.2) is 58.3 Å². The summed E-state index contributed by atoms with van der Waals surface area (Å²) in [6.45, 7) is 1.98. The highest BCUT2D eigenvalue weighted by molar-refractivity contribution is 7.99. The Bertz CT molecular complexity index is 493. The monoisotopic (exact) mass is 300 g/mol. The summed E-state index contributed by atoms with van der Waals surface area (Å²) in [7, 11) is 8.38. The van der Waals surface area contributed by atoms with Gasteiger partial charge in [-0.3, -0.25) is 0 Å². The van der Waals surface area contributed by atoms with Gasteiger partial charge >= 0.3 is 0 Å². The SMILES string of the molecule is CN(C)Cc1ccc(Sc2ccc(CN(C)C)cc2)cc1. The molecule has 0 saturated heterocycles. The van der Waals surface area contributed by atoms with Gasteiger partial charge in [0.15, 0.2) is 0 Å². The fourth-order valence-corrected chi connectivity index (χ4v) is 3.01. The molecule has 0 saturated carbocycles. The zero-order valence-electron chi connectivity index (χ0n) is 13.3. The van der Waals surface area contributed by atoms with Crippen molar-refractivity contribution in [2.24, 2.45) is 0 Å². The van der Waals surface area contributed by atoms with Crippen molar-refractivity contribution in [2.45, 2.75) is 22.9 Å². The molecule has 2 rings (SSSR count). The highest BCUT2D eigenvalue weighted by Crippen LogP contribution is 2.28. The molecule has 0 amide bonds. The molecule has 0 aliphatic rings. The first kappa shape index (κ1) is 16.1. The van der Waals surface area contributed by atoms with E-state index in [4.69, 9.17) is 0 Å². The lowest BCUT2D eigenvalue weighted by Crippen LogP contribution is -2.10. The minimum absolute atomic E-state index is 0.990. The average Bonchev–Trinajstić information content (AvgIpc) is 2.42. The summed E-state index contributed by atoms with van der Waals surface area (Å²) >= 11 is 1.82. The summed E-state index contributed by atoms with van der Waals surface area (Å²) in [5, 5.41) is 0. The van der Waals surface area contributed by atoms with Gasteiger partial charge in [-0.15, -0.1) is 0 Å². The van der Waals surface area contributed by atoms with Crippen molar-refractivity contribution in [3.05, 3.63) is 59.7 Å². The summed E-state index contributed by atoms with van der Waals surface area (Å²) in [5.41, 5.74) is 2.70. The lowest BCUT2D eigenvalue weighted by atomic mass is 10.2. The average molecular weight is 300 g/mol. The van der Waals surface area contributed by atoms with Gasteiger partial charge in [0, 0.05) is 22.9 Å². The van der Waals surface area contributed by atoms with Crippen molar-refractivity contribution in [1.29, 1.82) is 0 Å². The summed E-state index contributed by atoms with van der Waals surface area (Å²) in [6.07, 6.45) is 0. The van der Waals surface area contributed by atoms with Crippen LogP contribution >= 0.6 is 11.8 Å². The number of hydrogen-bond donors (Lipinski definition) is 0. The fourth-order valence-electron chi connectivity index (χ4n) is 2.19. The summed E-state index contributed by atoms with van der Waals surface area (Å²) in [6, 6.07) is 17.7. The van der Waals surface area contributed by atoms with E-state index in [0.29, 0.717) is 0 Å². The third kappa shape index (κ3) is 5.54. The third-order valence-electron chi connectivity index (χ3n) is 3.08. The van der Waals surface area contributed by atoms with Crippen LogP contribution in [-0.4, -0.2) is 38.0 Å². The number of benzene rings is 2. The van der Waals surface area contributed by atoms with Gasteiger partial charge < -0.3 is 9.80 Å². The summed E-state index contributed by atoms with van der Waals surface area (Å²) in [4.78, 5) is 6.95. The Morgan fingerprint density at radius 3 is 1.24 bits per heavy atom. The van der Waals surface area contributed by atoms with Crippen LogP contribution in [0.4, 0.5) is 0 Å². The molecule has 2 aromatic rings. The maximum Gasteiger partial charge on any atom is 0.0227 e. The first-order valence-corrected chi connectivity index (χ1v) is 8.00. The zero-order valence-corrected chi connectivity index (χ0v) is 14.2. The van der Waals surface area contributed by atoms with Gasteiger partial charge in [0.1, 0.15) is 0 Å². The number of rotatable bonds is 6. The lowest BCUT2D eigenvalue weighted by Gasteiger charge is -2.11. The van der Waals surface area contributed by atoms with Crippen LogP contribution in [0.25, 0.3) is 0 Å². The fraction of sp³-hybridized carbons (Fsp3) is 0.333. The molecule has 0 bridgehead atoms. The van der Waals surface area contributed by atoms with E-state index >= 15 is 0 Å². The highest BCUT2D eigenvalue weighted by Gasteiger charge is 2.00. The van der Waals surface area contributed by atoms with Crippen molar-refractivity contribution < 1.29 is 0 Å². The Morgan fingerprint density at radius 2 is 0.952 bits per heavy atom. The van der Waals surface area contributed by atoms with Crippen molar-refractivity contribution in [2.75, 3.05) is 28.2 Å². The van der Waals surface area contributed by atoms with Crippen LogP contribution in [0.3, 0.4) is 0 Å². The molecule has 112 valence electrons.